The van der Waals surface area contributed by atoms with Crippen LogP contribution in [0.25, 0.3) is 11.4 Å². The van der Waals surface area contributed by atoms with E-state index in [1.54, 1.807) is 12.4 Å². The lowest BCUT2D eigenvalue weighted by molar-refractivity contribution is 0.222. The minimum absolute atomic E-state index is 0.0188. The summed E-state index contributed by atoms with van der Waals surface area (Å²) in [4.78, 5) is 16.4. The molecule has 0 atom stereocenters. The molecule has 2 N–H and O–H groups in total. The Labute approximate surface area is 105 Å². The third kappa shape index (κ3) is 2.71. The molecule has 0 amide bonds. The molecule has 2 aromatic rings. The second kappa shape index (κ2) is 4.95. The fourth-order valence-corrected chi connectivity index (χ4v) is 1.45. The van der Waals surface area contributed by atoms with Crippen molar-refractivity contribution in [3.63, 3.8) is 0 Å². The lowest BCUT2D eigenvalue weighted by atomic mass is 10.1. The molecular formula is C12H15N5O. The highest BCUT2D eigenvalue weighted by atomic mass is 16.5. The Morgan fingerprint density at radius 3 is 2.67 bits per heavy atom. The number of nitrogens with two attached hydrogens (primary N) is 1. The third-order valence-corrected chi connectivity index (χ3v) is 2.25. The first-order valence-electron chi connectivity index (χ1n) is 5.65. The molecule has 2 rings (SSSR count). The highest BCUT2D eigenvalue weighted by molar-refractivity contribution is 5.59. The molecule has 0 spiro atoms. The van der Waals surface area contributed by atoms with E-state index in [9.17, 15) is 0 Å². The number of anilines is 1. The Balaban J connectivity index is 2.45. The summed E-state index contributed by atoms with van der Waals surface area (Å²) in [5.74, 6) is 0.614. The molecule has 0 aliphatic carbocycles. The second-order valence-corrected chi connectivity index (χ2v) is 4.16. The van der Waals surface area contributed by atoms with Crippen molar-refractivity contribution in [3.05, 3.63) is 24.0 Å². The number of hydrogen-bond donors (Lipinski definition) is 1. The van der Waals surface area contributed by atoms with Gasteiger partial charge in [0.1, 0.15) is 0 Å². The smallest absolute Gasteiger partial charge is 0.322 e. The predicted octanol–water partition coefficient (Wildman–Crippen LogP) is 1.61. The summed E-state index contributed by atoms with van der Waals surface area (Å²) >= 11 is 0. The maximum atomic E-state index is 5.66. The monoisotopic (exact) mass is 245 g/mol. The molecule has 94 valence electrons. The highest BCUT2D eigenvalue weighted by Gasteiger charge is 2.10. The first-order chi connectivity index (χ1) is 8.56. The molecule has 0 saturated heterocycles. The van der Waals surface area contributed by atoms with Crippen LogP contribution in [0.5, 0.6) is 6.01 Å². The fourth-order valence-electron chi connectivity index (χ4n) is 1.45. The second-order valence-electron chi connectivity index (χ2n) is 4.16. The summed E-state index contributed by atoms with van der Waals surface area (Å²) in [6.45, 7) is 5.75. The molecule has 0 unspecified atom stereocenters. The van der Waals surface area contributed by atoms with Gasteiger partial charge >= 0.3 is 6.01 Å². The molecule has 2 heterocycles. The Kier molecular flexibility index (Phi) is 3.36. The van der Waals surface area contributed by atoms with Crippen LogP contribution in [0, 0.1) is 6.92 Å². The average molecular weight is 245 g/mol. The van der Waals surface area contributed by atoms with Crippen LogP contribution in [-0.4, -0.2) is 26.0 Å². The fraction of sp³-hybridized carbons (Fsp3) is 0.333. The van der Waals surface area contributed by atoms with Gasteiger partial charge in [0.05, 0.1) is 6.10 Å². The topological polar surface area (TPSA) is 86.8 Å². The molecule has 0 bridgehead atoms. The zero-order valence-corrected chi connectivity index (χ0v) is 10.6. The quantitative estimate of drug-likeness (QED) is 0.884. The van der Waals surface area contributed by atoms with E-state index in [-0.39, 0.29) is 18.1 Å². The van der Waals surface area contributed by atoms with Crippen LogP contribution < -0.4 is 10.5 Å². The molecule has 0 saturated carbocycles. The van der Waals surface area contributed by atoms with Gasteiger partial charge in [-0.3, -0.25) is 4.98 Å². The van der Waals surface area contributed by atoms with Gasteiger partial charge in [-0.05, 0) is 32.4 Å². The standard InChI is InChI=1S/C12H15N5O/c1-7(2)18-12-16-10(15-11(13)17-12)9-6-14-5-4-8(9)3/h4-7H,1-3H3,(H2,13,15,16,17). The summed E-state index contributed by atoms with van der Waals surface area (Å²) < 4.78 is 5.43. The SMILES string of the molecule is Cc1ccncc1-c1nc(N)nc(OC(C)C)n1. The molecule has 0 fully saturated rings. The Hall–Kier alpha value is -2.24. The van der Waals surface area contributed by atoms with Gasteiger partial charge in [-0.1, -0.05) is 0 Å². The van der Waals surface area contributed by atoms with Crippen molar-refractivity contribution < 1.29 is 4.74 Å². The number of rotatable bonds is 3. The van der Waals surface area contributed by atoms with E-state index < -0.39 is 0 Å². The van der Waals surface area contributed by atoms with Crippen LogP contribution in [-0.2, 0) is 0 Å². The van der Waals surface area contributed by atoms with Gasteiger partial charge in [0.25, 0.3) is 0 Å². The van der Waals surface area contributed by atoms with Crippen LogP contribution >= 0.6 is 0 Å². The highest BCUT2D eigenvalue weighted by Crippen LogP contribution is 2.20. The largest absolute Gasteiger partial charge is 0.461 e. The number of nitrogens with zero attached hydrogens (tertiary/aromatic N) is 4. The number of hydrogen-bond acceptors (Lipinski definition) is 6. The first kappa shape index (κ1) is 12.2. The van der Waals surface area contributed by atoms with Crippen LogP contribution in [0.2, 0.25) is 0 Å². The summed E-state index contributed by atoms with van der Waals surface area (Å²) in [6.07, 6.45) is 3.40. The summed E-state index contributed by atoms with van der Waals surface area (Å²) in [6, 6.07) is 2.12. The zero-order chi connectivity index (χ0) is 13.1. The number of pyridine rings is 1. The van der Waals surface area contributed by atoms with Crippen molar-refractivity contribution in [2.45, 2.75) is 26.9 Å². The zero-order valence-electron chi connectivity index (χ0n) is 10.6. The third-order valence-electron chi connectivity index (χ3n) is 2.25. The Morgan fingerprint density at radius 1 is 1.22 bits per heavy atom. The molecular weight excluding hydrogens is 230 g/mol. The van der Waals surface area contributed by atoms with Crippen molar-refractivity contribution >= 4 is 5.95 Å². The van der Waals surface area contributed by atoms with E-state index in [1.807, 2.05) is 26.8 Å². The number of aryl methyl sites for hydroxylation is 1. The van der Waals surface area contributed by atoms with Gasteiger partial charge < -0.3 is 10.5 Å². The van der Waals surface area contributed by atoms with Crippen molar-refractivity contribution in [3.8, 4) is 17.4 Å². The van der Waals surface area contributed by atoms with E-state index >= 15 is 0 Å². The van der Waals surface area contributed by atoms with Gasteiger partial charge in [-0.15, -0.1) is 0 Å². The minimum atomic E-state index is -0.0188. The van der Waals surface area contributed by atoms with Gasteiger partial charge in [0, 0.05) is 18.0 Å². The van der Waals surface area contributed by atoms with Crippen molar-refractivity contribution in [1.82, 2.24) is 19.9 Å². The maximum absolute atomic E-state index is 5.66. The summed E-state index contributed by atoms with van der Waals surface area (Å²) in [5.41, 5.74) is 7.50. The van der Waals surface area contributed by atoms with E-state index in [1.165, 1.54) is 0 Å². The maximum Gasteiger partial charge on any atom is 0.322 e. The van der Waals surface area contributed by atoms with Crippen LogP contribution in [0.1, 0.15) is 19.4 Å². The lowest BCUT2D eigenvalue weighted by Crippen LogP contribution is -2.11. The molecule has 0 aromatic carbocycles. The van der Waals surface area contributed by atoms with E-state index in [0.29, 0.717) is 5.82 Å². The van der Waals surface area contributed by atoms with Crippen LogP contribution in [0.4, 0.5) is 5.95 Å². The van der Waals surface area contributed by atoms with Crippen LogP contribution in [0.15, 0.2) is 18.5 Å². The lowest BCUT2D eigenvalue weighted by Gasteiger charge is -2.09. The van der Waals surface area contributed by atoms with Gasteiger partial charge in [0.2, 0.25) is 5.95 Å². The Bertz CT molecular complexity index is 556. The minimum Gasteiger partial charge on any atom is -0.461 e. The van der Waals surface area contributed by atoms with E-state index in [2.05, 4.69) is 19.9 Å². The van der Waals surface area contributed by atoms with Crippen molar-refractivity contribution in [1.29, 1.82) is 0 Å². The van der Waals surface area contributed by atoms with Gasteiger partial charge in [-0.2, -0.15) is 15.0 Å². The number of ether oxygens (including phenoxy) is 1. The Morgan fingerprint density at radius 2 is 2.00 bits per heavy atom. The van der Waals surface area contributed by atoms with E-state index in [4.69, 9.17) is 10.5 Å². The molecule has 0 radical (unpaired) electrons. The first-order valence-corrected chi connectivity index (χ1v) is 5.65. The van der Waals surface area contributed by atoms with Gasteiger partial charge in [-0.25, -0.2) is 0 Å². The van der Waals surface area contributed by atoms with Crippen molar-refractivity contribution in [2.24, 2.45) is 0 Å². The van der Waals surface area contributed by atoms with Crippen molar-refractivity contribution in [2.75, 3.05) is 5.73 Å². The molecule has 18 heavy (non-hydrogen) atoms. The molecule has 6 nitrogen and oxygen atoms in total. The predicted molar refractivity (Wildman–Crippen MR) is 68.0 cm³/mol. The molecule has 0 aliphatic rings. The number of aromatic nitrogens is 4. The summed E-state index contributed by atoms with van der Waals surface area (Å²) in [7, 11) is 0. The molecule has 6 heteroatoms. The average Bonchev–Trinajstić information content (AvgIpc) is 2.27. The molecule has 2 aromatic heterocycles. The number of nitrogen functional groups attached to an aromatic ring is 1. The summed E-state index contributed by atoms with van der Waals surface area (Å²) in [5, 5.41) is 0. The van der Waals surface area contributed by atoms with Crippen LogP contribution in [0.3, 0.4) is 0 Å². The van der Waals surface area contributed by atoms with E-state index in [0.717, 1.165) is 11.1 Å². The normalized spacial score (nSPS) is 10.7. The molecule has 0 aliphatic heterocycles. The van der Waals surface area contributed by atoms with Gasteiger partial charge in [0.15, 0.2) is 5.82 Å².